The molecule has 0 aliphatic rings. The molecule has 0 radical (unpaired) electrons. The van der Waals surface area contributed by atoms with Crippen LogP contribution in [0.2, 0.25) is 0 Å². The first-order valence-electron chi connectivity index (χ1n) is 6.27. The molecular weight excluding hydrogens is 338 g/mol. The number of nitrogens with zero attached hydrogens (tertiary/aromatic N) is 1. The van der Waals surface area contributed by atoms with E-state index in [1.54, 1.807) is 38.3 Å². The highest BCUT2D eigenvalue weighted by Gasteiger charge is 2.18. The molecule has 0 fully saturated rings. The van der Waals surface area contributed by atoms with Gasteiger partial charge in [0.2, 0.25) is 0 Å². The summed E-state index contributed by atoms with van der Waals surface area (Å²) in [5.74, 6) is 1.34. The van der Waals surface area contributed by atoms with Gasteiger partial charge in [0, 0.05) is 19.2 Å². The molecule has 0 saturated carbocycles. The van der Waals surface area contributed by atoms with Crippen molar-refractivity contribution >= 4 is 21.8 Å². The Morgan fingerprint density at radius 3 is 2.57 bits per heavy atom. The Balaban J connectivity index is 2.19. The van der Waals surface area contributed by atoms with Crippen molar-refractivity contribution in [3.05, 3.63) is 46.3 Å². The zero-order valence-electron chi connectivity index (χ0n) is 12.1. The minimum absolute atomic E-state index is 0.203. The standard InChI is InChI=1S/C15H16BrNO4/c1-17(15(18)12-7-8-13(16)21-12)9-10-5-4-6-11(19-2)14(10)20-3/h4-8H,9H2,1-3H3. The smallest absolute Gasteiger partial charge is 0.289 e. The van der Waals surface area contributed by atoms with Crippen LogP contribution < -0.4 is 9.47 Å². The van der Waals surface area contributed by atoms with Crippen LogP contribution in [0.25, 0.3) is 0 Å². The normalized spacial score (nSPS) is 10.3. The van der Waals surface area contributed by atoms with Crippen molar-refractivity contribution in [1.29, 1.82) is 0 Å². The van der Waals surface area contributed by atoms with Crippen molar-refractivity contribution < 1.29 is 18.7 Å². The van der Waals surface area contributed by atoms with Gasteiger partial charge in [0.05, 0.1) is 14.2 Å². The highest BCUT2D eigenvalue weighted by Crippen LogP contribution is 2.31. The molecule has 1 aromatic heterocycles. The maximum Gasteiger partial charge on any atom is 0.289 e. The zero-order chi connectivity index (χ0) is 15.4. The van der Waals surface area contributed by atoms with E-state index in [-0.39, 0.29) is 11.7 Å². The van der Waals surface area contributed by atoms with Crippen LogP contribution in [0.3, 0.4) is 0 Å². The van der Waals surface area contributed by atoms with Gasteiger partial charge in [0.1, 0.15) is 0 Å². The molecule has 0 bridgehead atoms. The first kappa shape index (κ1) is 15.4. The van der Waals surface area contributed by atoms with E-state index in [1.165, 1.54) is 0 Å². The molecule has 0 unspecified atom stereocenters. The number of para-hydroxylation sites is 1. The van der Waals surface area contributed by atoms with Crippen LogP contribution in [0.5, 0.6) is 11.5 Å². The molecule has 2 aromatic rings. The maximum absolute atomic E-state index is 12.3. The lowest BCUT2D eigenvalue weighted by atomic mass is 10.1. The number of furan rings is 1. The van der Waals surface area contributed by atoms with Crippen molar-refractivity contribution in [2.24, 2.45) is 0 Å². The van der Waals surface area contributed by atoms with Crippen LogP contribution in [0.15, 0.2) is 39.4 Å². The molecule has 0 atom stereocenters. The number of amides is 1. The van der Waals surface area contributed by atoms with Gasteiger partial charge < -0.3 is 18.8 Å². The summed E-state index contributed by atoms with van der Waals surface area (Å²) in [4.78, 5) is 13.8. The third-order valence-corrected chi connectivity index (χ3v) is 3.45. The topological polar surface area (TPSA) is 51.9 Å². The number of rotatable bonds is 5. The van der Waals surface area contributed by atoms with Crippen molar-refractivity contribution in [3.8, 4) is 11.5 Å². The number of methoxy groups -OCH3 is 2. The highest BCUT2D eigenvalue weighted by atomic mass is 79.9. The zero-order valence-corrected chi connectivity index (χ0v) is 13.6. The molecule has 1 aromatic carbocycles. The molecular formula is C15H16BrNO4. The number of hydrogen-bond donors (Lipinski definition) is 0. The Morgan fingerprint density at radius 1 is 1.24 bits per heavy atom. The first-order chi connectivity index (χ1) is 10.1. The summed E-state index contributed by atoms with van der Waals surface area (Å²) in [5, 5.41) is 0. The fraction of sp³-hybridized carbons (Fsp3) is 0.267. The summed E-state index contributed by atoms with van der Waals surface area (Å²) in [6, 6.07) is 8.88. The molecule has 21 heavy (non-hydrogen) atoms. The Hall–Kier alpha value is -1.95. The second-order valence-electron chi connectivity index (χ2n) is 4.42. The van der Waals surface area contributed by atoms with Gasteiger partial charge in [-0.15, -0.1) is 0 Å². The molecule has 2 rings (SSSR count). The van der Waals surface area contributed by atoms with Gasteiger partial charge in [-0.05, 0) is 34.1 Å². The SMILES string of the molecule is COc1cccc(CN(C)C(=O)c2ccc(Br)o2)c1OC. The summed E-state index contributed by atoms with van der Waals surface area (Å²) < 4.78 is 16.4. The number of hydrogen-bond acceptors (Lipinski definition) is 4. The average Bonchev–Trinajstić information content (AvgIpc) is 2.92. The molecule has 0 N–H and O–H groups in total. The van der Waals surface area contributed by atoms with Crippen LogP contribution in [0, 0.1) is 0 Å². The van der Waals surface area contributed by atoms with Crippen LogP contribution in [0.4, 0.5) is 0 Å². The largest absolute Gasteiger partial charge is 0.493 e. The van der Waals surface area contributed by atoms with Crippen LogP contribution >= 0.6 is 15.9 Å². The number of benzene rings is 1. The van der Waals surface area contributed by atoms with E-state index in [9.17, 15) is 4.79 Å². The molecule has 6 heteroatoms. The molecule has 5 nitrogen and oxygen atoms in total. The summed E-state index contributed by atoms with van der Waals surface area (Å²) in [5.41, 5.74) is 0.860. The number of carbonyl (C=O) groups is 1. The van der Waals surface area contributed by atoms with E-state index in [4.69, 9.17) is 13.9 Å². The van der Waals surface area contributed by atoms with Gasteiger partial charge in [-0.2, -0.15) is 0 Å². The van der Waals surface area contributed by atoms with Crippen molar-refractivity contribution in [2.45, 2.75) is 6.54 Å². The summed E-state index contributed by atoms with van der Waals surface area (Å²) in [6.45, 7) is 0.386. The summed E-state index contributed by atoms with van der Waals surface area (Å²) >= 11 is 3.18. The number of carbonyl (C=O) groups excluding carboxylic acids is 1. The van der Waals surface area contributed by atoms with Crippen molar-refractivity contribution in [1.82, 2.24) is 4.90 Å². The number of halogens is 1. The van der Waals surface area contributed by atoms with Gasteiger partial charge >= 0.3 is 0 Å². The lowest BCUT2D eigenvalue weighted by Gasteiger charge is -2.19. The Kier molecular flexibility index (Phi) is 4.90. The Morgan fingerprint density at radius 2 is 2.00 bits per heavy atom. The second kappa shape index (κ2) is 6.67. The molecule has 0 spiro atoms. The predicted molar refractivity (Wildman–Crippen MR) is 81.8 cm³/mol. The van der Waals surface area contributed by atoms with E-state index >= 15 is 0 Å². The average molecular weight is 354 g/mol. The third kappa shape index (κ3) is 3.39. The Bertz CT molecular complexity index is 638. The van der Waals surface area contributed by atoms with Crippen LogP contribution in [-0.4, -0.2) is 32.1 Å². The minimum Gasteiger partial charge on any atom is -0.493 e. The van der Waals surface area contributed by atoms with Gasteiger partial charge in [-0.3, -0.25) is 4.79 Å². The number of ether oxygens (including phenoxy) is 2. The molecule has 0 aliphatic carbocycles. The van der Waals surface area contributed by atoms with E-state index in [1.807, 2.05) is 18.2 Å². The van der Waals surface area contributed by atoms with Crippen LogP contribution in [-0.2, 0) is 6.54 Å². The Labute approximate surface area is 131 Å². The highest BCUT2D eigenvalue weighted by molar-refractivity contribution is 9.10. The van der Waals surface area contributed by atoms with Gasteiger partial charge in [-0.25, -0.2) is 0 Å². The van der Waals surface area contributed by atoms with E-state index in [2.05, 4.69) is 15.9 Å². The molecule has 1 amide bonds. The molecule has 0 aliphatic heterocycles. The van der Waals surface area contributed by atoms with Gasteiger partial charge in [-0.1, -0.05) is 12.1 Å². The maximum atomic E-state index is 12.3. The quantitative estimate of drug-likeness (QED) is 0.827. The minimum atomic E-state index is -0.203. The predicted octanol–water partition coefficient (Wildman–Crippen LogP) is 3.33. The molecule has 1 heterocycles. The fourth-order valence-corrected chi connectivity index (χ4v) is 2.33. The van der Waals surface area contributed by atoms with Crippen molar-refractivity contribution in [2.75, 3.05) is 21.3 Å². The van der Waals surface area contributed by atoms with E-state index in [0.29, 0.717) is 22.7 Å². The summed E-state index contributed by atoms with van der Waals surface area (Å²) in [7, 11) is 4.86. The van der Waals surface area contributed by atoms with Gasteiger partial charge in [0.25, 0.3) is 5.91 Å². The summed E-state index contributed by atoms with van der Waals surface area (Å²) in [6.07, 6.45) is 0. The third-order valence-electron chi connectivity index (χ3n) is 3.02. The molecule has 0 saturated heterocycles. The van der Waals surface area contributed by atoms with E-state index in [0.717, 1.165) is 5.56 Å². The monoisotopic (exact) mass is 353 g/mol. The lowest BCUT2D eigenvalue weighted by molar-refractivity contribution is 0.0751. The fourth-order valence-electron chi connectivity index (χ4n) is 2.02. The van der Waals surface area contributed by atoms with Gasteiger partial charge in [0.15, 0.2) is 21.9 Å². The second-order valence-corrected chi connectivity index (χ2v) is 5.20. The van der Waals surface area contributed by atoms with Crippen molar-refractivity contribution in [3.63, 3.8) is 0 Å². The van der Waals surface area contributed by atoms with Crippen LogP contribution in [0.1, 0.15) is 16.1 Å². The first-order valence-corrected chi connectivity index (χ1v) is 7.06. The van der Waals surface area contributed by atoms with E-state index < -0.39 is 0 Å². The lowest BCUT2D eigenvalue weighted by Crippen LogP contribution is -2.26. The molecule has 112 valence electrons.